The van der Waals surface area contributed by atoms with Crippen LogP contribution in [0.1, 0.15) is 5.56 Å². The van der Waals surface area contributed by atoms with Crippen molar-refractivity contribution in [3.05, 3.63) is 119 Å². The van der Waals surface area contributed by atoms with Crippen molar-refractivity contribution >= 4 is 11.4 Å². The summed E-state index contributed by atoms with van der Waals surface area (Å²) >= 11 is 0. The molecule has 1 aliphatic heterocycles. The van der Waals surface area contributed by atoms with Gasteiger partial charge in [-0.25, -0.2) is 36.9 Å². The molecule has 6 rings (SSSR count). The number of nitrogens with zero attached hydrogens (tertiary/aromatic N) is 8. The summed E-state index contributed by atoms with van der Waals surface area (Å²) in [5.41, 5.74) is -0.655. The molecule has 5 aromatic rings. The van der Waals surface area contributed by atoms with Gasteiger partial charge < -0.3 is 14.9 Å². The first kappa shape index (κ1) is 27.3. The zero-order chi connectivity index (χ0) is 29.3. The first-order valence-corrected chi connectivity index (χ1v) is 13.3. The molecule has 3 heterocycles. The van der Waals surface area contributed by atoms with E-state index in [0.717, 1.165) is 22.5 Å². The fraction of sp³-hybridized carbons (Fsp3) is 0.241. The topological polar surface area (TPSA) is 97.2 Å². The van der Waals surface area contributed by atoms with Crippen LogP contribution in [0.3, 0.4) is 0 Å². The maximum Gasteiger partial charge on any atom is 0.350 e. The van der Waals surface area contributed by atoms with Crippen molar-refractivity contribution < 1.29 is 18.3 Å². The Kier molecular flexibility index (Phi) is 7.25. The second-order valence-corrected chi connectivity index (χ2v) is 10.1. The van der Waals surface area contributed by atoms with Gasteiger partial charge in [-0.15, -0.1) is 0 Å². The highest BCUT2D eigenvalue weighted by atomic mass is 19.1. The van der Waals surface area contributed by atoms with Crippen LogP contribution in [-0.2, 0) is 18.7 Å². The standard InChI is InChI=1S/C29H27F3N8O2/c30-21-5-10-24(26(32)15-21)29(42,16-38-19-33-18-34-38)17-40-28(41)39(20-35-40)23-8-6-22(7-9-23)36-11-13-37(14-12-36)27-4-2-1-3-25(27)31/h1-10,15,18-20,42H,11-14,16-17H2. The van der Waals surface area contributed by atoms with Gasteiger partial charge in [-0.05, 0) is 42.5 Å². The van der Waals surface area contributed by atoms with Gasteiger partial charge in [0.15, 0.2) is 0 Å². The molecule has 0 saturated carbocycles. The van der Waals surface area contributed by atoms with Crippen LogP contribution < -0.4 is 15.5 Å². The van der Waals surface area contributed by atoms with Crippen LogP contribution in [-0.4, -0.2) is 60.4 Å². The third-order valence-electron chi connectivity index (χ3n) is 7.43. The predicted octanol–water partition coefficient (Wildman–Crippen LogP) is 2.96. The highest BCUT2D eigenvalue weighted by Gasteiger charge is 2.35. The van der Waals surface area contributed by atoms with E-state index >= 15 is 0 Å². The van der Waals surface area contributed by atoms with Gasteiger partial charge in [-0.2, -0.15) is 10.2 Å². The zero-order valence-electron chi connectivity index (χ0n) is 22.4. The molecule has 216 valence electrons. The minimum atomic E-state index is -2.00. The van der Waals surface area contributed by atoms with Gasteiger partial charge >= 0.3 is 5.69 Å². The van der Waals surface area contributed by atoms with Crippen LogP contribution in [0.2, 0.25) is 0 Å². The van der Waals surface area contributed by atoms with Gasteiger partial charge in [0.25, 0.3) is 0 Å². The van der Waals surface area contributed by atoms with Gasteiger partial charge in [0.1, 0.15) is 42.0 Å². The molecule has 42 heavy (non-hydrogen) atoms. The van der Waals surface area contributed by atoms with Gasteiger partial charge in [-0.1, -0.05) is 18.2 Å². The lowest BCUT2D eigenvalue weighted by Crippen LogP contribution is -2.46. The summed E-state index contributed by atoms with van der Waals surface area (Å²) in [4.78, 5) is 21.4. The number of rotatable bonds is 8. The van der Waals surface area contributed by atoms with Crippen LogP contribution in [0.5, 0.6) is 0 Å². The third-order valence-corrected chi connectivity index (χ3v) is 7.43. The van der Waals surface area contributed by atoms with Gasteiger partial charge in [0.05, 0.1) is 24.5 Å². The summed E-state index contributed by atoms with van der Waals surface area (Å²) < 4.78 is 46.2. The summed E-state index contributed by atoms with van der Waals surface area (Å²) in [5.74, 6) is -1.99. The Bertz CT molecular complexity index is 1730. The molecule has 1 N–H and O–H groups in total. The van der Waals surface area contributed by atoms with Crippen molar-refractivity contribution in [3.63, 3.8) is 0 Å². The van der Waals surface area contributed by atoms with Crippen LogP contribution in [0, 0.1) is 17.5 Å². The first-order chi connectivity index (χ1) is 20.3. The fourth-order valence-electron chi connectivity index (χ4n) is 5.28. The summed E-state index contributed by atoms with van der Waals surface area (Å²) in [6, 6.07) is 16.9. The Labute approximate surface area is 238 Å². The van der Waals surface area contributed by atoms with Crippen LogP contribution in [0.15, 0.2) is 90.5 Å². The molecule has 1 saturated heterocycles. The molecule has 1 unspecified atom stereocenters. The SMILES string of the molecule is O=c1n(-c2ccc(N3CCN(c4ccccc4F)CC3)cc2)cnn1CC(O)(Cn1cncn1)c1ccc(F)cc1F. The Morgan fingerprint density at radius 2 is 1.50 bits per heavy atom. The molecule has 1 fully saturated rings. The Morgan fingerprint density at radius 1 is 0.786 bits per heavy atom. The third kappa shape index (κ3) is 5.38. The number of para-hydroxylation sites is 1. The number of piperazine rings is 1. The smallest absolute Gasteiger partial charge is 0.350 e. The number of halogens is 3. The minimum absolute atomic E-state index is 0.208. The van der Waals surface area contributed by atoms with Crippen molar-refractivity contribution in [1.82, 2.24) is 29.1 Å². The van der Waals surface area contributed by atoms with Gasteiger partial charge in [0.2, 0.25) is 0 Å². The van der Waals surface area contributed by atoms with Crippen LogP contribution in [0.4, 0.5) is 24.5 Å². The number of aliphatic hydroxyl groups is 1. The molecule has 3 aromatic carbocycles. The van der Waals surface area contributed by atoms with E-state index in [4.69, 9.17) is 0 Å². The van der Waals surface area contributed by atoms with E-state index in [0.29, 0.717) is 43.6 Å². The molecule has 0 amide bonds. The average molecular weight is 577 g/mol. The highest BCUT2D eigenvalue weighted by molar-refractivity contribution is 5.54. The van der Waals surface area contributed by atoms with E-state index in [9.17, 15) is 23.1 Å². The van der Waals surface area contributed by atoms with Crippen molar-refractivity contribution in [2.24, 2.45) is 0 Å². The maximum absolute atomic E-state index is 14.8. The number of benzene rings is 3. The first-order valence-electron chi connectivity index (χ1n) is 13.3. The van der Waals surface area contributed by atoms with Gasteiger partial charge in [-0.3, -0.25) is 0 Å². The molecule has 0 bridgehead atoms. The summed E-state index contributed by atoms with van der Waals surface area (Å²) in [5, 5.41) is 19.7. The molecule has 13 heteroatoms. The minimum Gasteiger partial charge on any atom is -0.381 e. The molecular formula is C29H27F3N8O2. The van der Waals surface area contributed by atoms with Crippen LogP contribution in [0.25, 0.3) is 5.69 Å². The quantitative estimate of drug-likeness (QED) is 0.304. The Morgan fingerprint density at radius 3 is 2.19 bits per heavy atom. The van der Waals surface area contributed by atoms with E-state index in [1.807, 2.05) is 23.1 Å². The summed E-state index contributed by atoms with van der Waals surface area (Å²) in [7, 11) is 0. The number of hydrogen-bond acceptors (Lipinski definition) is 7. The summed E-state index contributed by atoms with van der Waals surface area (Å²) in [6.07, 6.45) is 3.92. The second-order valence-electron chi connectivity index (χ2n) is 10.1. The number of hydrogen-bond donors (Lipinski definition) is 1. The van der Waals surface area contributed by atoms with E-state index in [-0.39, 0.29) is 17.9 Å². The molecule has 1 aliphatic rings. The number of anilines is 2. The van der Waals surface area contributed by atoms with E-state index < -0.39 is 29.5 Å². The molecule has 0 aliphatic carbocycles. The second kappa shape index (κ2) is 11.2. The lowest BCUT2D eigenvalue weighted by molar-refractivity contribution is -0.00948. The molecule has 10 nitrogen and oxygen atoms in total. The molecular weight excluding hydrogens is 549 g/mol. The average Bonchev–Trinajstić information content (AvgIpc) is 3.63. The predicted molar refractivity (Wildman–Crippen MR) is 149 cm³/mol. The molecule has 2 aromatic heterocycles. The van der Waals surface area contributed by atoms with Crippen molar-refractivity contribution in [3.8, 4) is 5.69 Å². The summed E-state index contributed by atoms with van der Waals surface area (Å²) in [6.45, 7) is 2.06. The largest absolute Gasteiger partial charge is 0.381 e. The van der Waals surface area contributed by atoms with Crippen molar-refractivity contribution in [1.29, 1.82) is 0 Å². The normalized spacial score (nSPS) is 15.1. The monoisotopic (exact) mass is 576 g/mol. The molecule has 0 spiro atoms. The van der Waals surface area contributed by atoms with E-state index in [1.54, 1.807) is 24.3 Å². The van der Waals surface area contributed by atoms with Crippen LogP contribution >= 0.6 is 0 Å². The fourth-order valence-corrected chi connectivity index (χ4v) is 5.28. The Balaban J connectivity index is 1.19. The number of aromatic nitrogens is 6. The van der Waals surface area contributed by atoms with Crippen molar-refractivity contribution in [2.45, 2.75) is 18.7 Å². The molecule has 1 atom stereocenters. The Hall–Kier alpha value is -4.91. The maximum atomic E-state index is 14.8. The van der Waals surface area contributed by atoms with E-state index in [1.165, 1.54) is 34.3 Å². The zero-order valence-corrected chi connectivity index (χ0v) is 22.4. The van der Waals surface area contributed by atoms with Crippen molar-refractivity contribution in [2.75, 3.05) is 36.0 Å². The van der Waals surface area contributed by atoms with E-state index in [2.05, 4.69) is 20.1 Å². The lowest BCUT2D eigenvalue weighted by atomic mass is 9.93. The highest BCUT2D eigenvalue weighted by Crippen LogP contribution is 2.28. The van der Waals surface area contributed by atoms with Gasteiger partial charge in [0, 0.05) is 43.5 Å². The lowest BCUT2D eigenvalue weighted by Gasteiger charge is -2.37. The molecule has 0 radical (unpaired) electrons.